The Labute approximate surface area is 141 Å². The van der Waals surface area contributed by atoms with Crippen molar-refractivity contribution in [2.24, 2.45) is 0 Å². The van der Waals surface area contributed by atoms with Crippen LogP contribution in [0.15, 0.2) is 40.9 Å². The van der Waals surface area contributed by atoms with E-state index in [1.54, 1.807) is 29.2 Å². The first-order valence-electron chi connectivity index (χ1n) is 7.13. The van der Waals surface area contributed by atoms with E-state index in [1.165, 1.54) is 19.1 Å². The molecule has 2 aromatic carbocycles. The lowest BCUT2D eigenvalue weighted by Crippen LogP contribution is -2.25. The molecule has 0 aromatic heterocycles. The van der Waals surface area contributed by atoms with Gasteiger partial charge in [0.05, 0.1) is 5.69 Å². The van der Waals surface area contributed by atoms with Gasteiger partial charge in [0.1, 0.15) is 5.82 Å². The fourth-order valence-electron chi connectivity index (χ4n) is 2.66. The second-order valence-electron chi connectivity index (χ2n) is 5.34. The lowest BCUT2D eigenvalue weighted by atomic mass is 10.1. The molecule has 2 aromatic rings. The SMILES string of the molecule is CC(=O)N1CCc2cc(C(=O)Nc3ccc(Br)cc3F)ccc21. The van der Waals surface area contributed by atoms with E-state index in [2.05, 4.69) is 21.2 Å². The molecule has 23 heavy (non-hydrogen) atoms. The van der Waals surface area contributed by atoms with Crippen LogP contribution in [0.3, 0.4) is 0 Å². The van der Waals surface area contributed by atoms with Gasteiger partial charge in [0.2, 0.25) is 5.91 Å². The zero-order chi connectivity index (χ0) is 16.6. The molecule has 0 saturated carbocycles. The topological polar surface area (TPSA) is 49.4 Å². The fraction of sp³-hybridized carbons (Fsp3) is 0.176. The van der Waals surface area contributed by atoms with E-state index in [4.69, 9.17) is 0 Å². The minimum Gasteiger partial charge on any atom is -0.319 e. The van der Waals surface area contributed by atoms with Crippen LogP contribution < -0.4 is 10.2 Å². The normalized spacial score (nSPS) is 12.9. The quantitative estimate of drug-likeness (QED) is 0.867. The minimum absolute atomic E-state index is 0.0158. The molecule has 4 nitrogen and oxygen atoms in total. The lowest BCUT2D eigenvalue weighted by Gasteiger charge is -2.14. The van der Waals surface area contributed by atoms with Gasteiger partial charge in [-0.3, -0.25) is 9.59 Å². The number of nitrogens with zero attached hydrogens (tertiary/aromatic N) is 1. The van der Waals surface area contributed by atoms with Crippen LogP contribution in [0.4, 0.5) is 15.8 Å². The first kappa shape index (κ1) is 15.7. The van der Waals surface area contributed by atoms with Gasteiger partial charge in [-0.25, -0.2) is 4.39 Å². The Morgan fingerprint density at radius 1 is 1.22 bits per heavy atom. The number of amides is 2. The molecule has 0 saturated heterocycles. The molecule has 3 rings (SSSR count). The van der Waals surface area contributed by atoms with Gasteiger partial charge in [-0.2, -0.15) is 0 Å². The first-order chi connectivity index (χ1) is 11.0. The van der Waals surface area contributed by atoms with Crippen LogP contribution in [0.1, 0.15) is 22.8 Å². The van der Waals surface area contributed by atoms with Crippen LogP contribution in [0.5, 0.6) is 0 Å². The van der Waals surface area contributed by atoms with Gasteiger partial charge in [0.25, 0.3) is 5.91 Å². The third-order valence-electron chi connectivity index (χ3n) is 3.80. The molecule has 0 fully saturated rings. The van der Waals surface area contributed by atoms with E-state index >= 15 is 0 Å². The summed E-state index contributed by atoms with van der Waals surface area (Å²) in [6.07, 6.45) is 0.711. The Hall–Kier alpha value is -2.21. The highest BCUT2D eigenvalue weighted by atomic mass is 79.9. The summed E-state index contributed by atoms with van der Waals surface area (Å²) in [6, 6.07) is 9.62. The maximum atomic E-state index is 13.8. The van der Waals surface area contributed by atoms with Gasteiger partial charge < -0.3 is 10.2 Å². The molecule has 118 valence electrons. The maximum Gasteiger partial charge on any atom is 0.255 e. The number of anilines is 2. The lowest BCUT2D eigenvalue weighted by molar-refractivity contribution is -0.116. The van der Waals surface area contributed by atoms with Crippen molar-refractivity contribution in [3.63, 3.8) is 0 Å². The molecule has 1 aliphatic rings. The van der Waals surface area contributed by atoms with Gasteiger partial charge in [0, 0.05) is 29.2 Å². The van der Waals surface area contributed by atoms with Crippen molar-refractivity contribution in [1.29, 1.82) is 0 Å². The third-order valence-corrected chi connectivity index (χ3v) is 4.29. The van der Waals surface area contributed by atoms with Gasteiger partial charge in [-0.05, 0) is 48.4 Å². The molecule has 0 atom stereocenters. The maximum absolute atomic E-state index is 13.8. The summed E-state index contributed by atoms with van der Waals surface area (Å²) in [4.78, 5) is 25.5. The molecule has 1 aliphatic heterocycles. The van der Waals surface area contributed by atoms with Crippen molar-refractivity contribution in [3.05, 3.63) is 57.8 Å². The molecule has 0 bridgehead atoms. The Kier molecular flexibility index (Phi) is 4.17. The summed E-state index contributed by atoms with van der Waals surface area (Å²) >= 11 is 3.17. The first-order valence-corrected chi connectivity index (χ1v) is 7.92. The monoisotopic (exact) mass is 376 g/mol. The molecule has 2 amide bonds. The van der Waals surface area contributed by atoms with E-state index in [9.17, 15) is 14.0 Å². The van der Waals surface area contributed by atoms with Crippen molar-refractivity contribution >= 4 is 39.1 Å². The zero-order valence-electron chi connectivity index (χ0n) is 12.4. The molecule has 1 N–H and O–H groups in total. The van der Waals surface area contributed by atoms with Crippen LogP contribution in [0.25, 0.3) is 0 Å². The molecule has 0 radical (unpaired) electrons. The third kappa shape index (κ3) is 3.12. The van der Waals surface area contributed by atoms with Crippen molar-refractivity contribution in [2.45, 2.75) is 13.3 Å². The number of nitrogens with one attached hydrogen (secondary N) is 1. The average Bonchev–Trinajstić information content (AvgIpc) is 2.93. The molecular formula is C17H14BrFN2O2. The number of rotatable bonds is 2. The second-order valence-corrected chi connectivity index (χ2v) is 6.26. The number of hydrogen-bond donors (Lipinski definition) is 1. The highest BCUT2D eigenvalue weighted by Crippen LogP contribution is 2.29. The van der Waals surface area contributed by atoms with Crippen molar-refractivity contribution < 1.29 is 14.0 Å². The Morgan fingerprint density at radius 2 is 2.00 bits per heavy atom. The van der Waals surface area contributed by atoms with E-state index in [0.29, 0.717) is 23.0 Å². The van der Waals surface area contributed by atoms with Gasteiger partial charge >= 0.3 is 0 Å². The molecule has 1 heterocycles. The van der Waals surface area contributed by atoms with Crippen molar-refractivity contribution in [1.82, 2.24) is 0 Å². The minimum atomic E-state index is -0.503. The number of halogens is 2. The number of fused-ring (bicyclic) bond motifs is 1. The van der Waals surface area contributed by atoms with Gasteiger partial charge in [-0.1, -0.05) is 15.9 Å². The van der Waals surface area contributed by atoms with Crippen LogP contribution in [-0.4, -0.2) is 18.4 Å². The van der Waals surface area contributed by atoms with Gasteiger partial charge in [0.15, 0.2) is 0 Å². The Morgan fingerprint density at radius 3 is 2.70 bits per heavy atom. The van der Waals surface area contributed by atoms with E-state index in [-0.39, 0.29) is 17.5 Å². The molecule has 6 heteroatoms. The average molecular weight is 377 g/mol. The summed E-state index contributed by atoms with van der Waals surface area (Å²) in [7, 11) is 0. The summed E-state index contributed by atoms with van der Waals surface area (Å²) in [5, 5.41) is 2.56. The van der Waals surface area contributed by atoms with E-state index < -0.39 is 5.82 Å². The zero-order valence-corrected chi connectivity index (χ0v) is 14.0. The molecular weight excluding hydrogens is 363 g/mol. The van der Waals surface area contributed by atoms with Crippen LogP contribution in [0, 0.1) is 5.82 Å². The standard InChI is InChI=1S/C17H14BrFN2O2/c1-10(22)21-7-6-11-8-12(2-5-16(11)21)17(23)20-15-4-3-13(18)9-14(15)19/h2-5,8-9H,6-7H2,1H3,(H,20,23). The molecule has 0 aliphatic carbocycles. The van der Waals surface area contributed by atoms with E-state index in [1.807, 2.05) is 0 Å². The molecule has 0 spiro atoms. The van der Waals surface area contributed by atoms with Crippen LogP contribution >= 0.6 is 15.9 Å². The summed E-state index contributed by atoms with van der Waals surface area (Å²) in [5.41, 5.74) is 2.36. The summed E-state index contributed by atoms with van der Waals surface area (Å²) in [5.74, 6) is -0.898. The smallest absolute Gasteiger partial charge is 0.255 e. The number of benzene rings is 2. The summed E-state index contributed by atoms with van der Waals surface area (Å²) in [6.45, 7) is 2.14. The number of hydrogen-bond acceptors (Lipinski definition) is 2. The highest BCUT2D eigenvalue weighted by molar-refractivity contribution is 9.10. The number of carbonyl (C=O) groups is 2. The fourth-order valence-corrected chi connectivity index (χ4v) is 2.99. The van der Waals surface area contributed by atoms with Crippen LogP contribution in [0.2, 0.25) is 0 Å². The highest BCUT2D eigenvalue weighted by Gasteiger charge is 2.23. The second kappa shape index (κ2) is 6.12. The predicted molar refractivity (Wildman–Crippen MR) is 90.2 cm³/mol. The number of carbonyl (C=O) groups excluding carboxylic acids is 2. The van der Waals surface area contributed by atoms with Crippen molar-refractivity contribution in [2.75, 3.05) is 16.8 Å². The van der Waals surface area contributed by atoms with E-state index in [0.717, 1.165) is 11.3 Å². The predicted octanol–water partition coefficient (Wildman–Crippen LogP) is 3.75. The Bertz CT molecular complexity index is 807. The largest absolute Gasteiger partial charge is 0.319 e. The van der Waals surface area contributed by atoms with Crippen molar-refractivity contribution in [3.8, 4) is 0 Å². The summed E-state index contributed by atoms with van der Waals surface area (Å²) < 4.78 is 14.4. The molecule has 0 unspecified atom stereocenters. The Balaban J connectivity index is 1.82. The van der Waals surface area contributed by atoms with Crippen LogP contribution in [-0.2, 0) is 11.2 Å². The van der Waals surface area contributed by atoms with Gasteiger partial charge in [-0.15, -0.1) is 0 Å².